The first-order valence-electron chi connectivity index (χ1n) is 9.32. The molecule has 25 heavy (non-hydrogen) atoms. The van der Waals surface area contributed by atoms with Crippen molar-refractivity contribution in [1.82, 2.24) is 20.3 Å². The Hall–Kier alpha value is -0.830. The zero-order valence-corrected chi connectivity index (χ0v) is 17.8. The van der Waals surface area contributed by atoms with Crippen molar-refractivity contribution >= 4 is 29.9 Å². The van der Waals surface area contributed by atoms with Gasteiger partial charge in [-0.1, -0.05) is 24.9 Å². The number of hydrogen-bond acceptors (Lipinski definition) is 4. The molecule has 1 aliphatic carbocycles. The molecule has 2 aliphatic rings. The van der Waals surface area contributed by atoms with Crippen LogP contribution in [0.15, 0.2) is 21.8 Å². The molecule has 142 valence electrons. The molecule has 6 nitrogen and oxygen atoms in total. The number of hydrogen-bond donors (Lipinski definition) is 1. The van der Waals surface area contributed by atoms with Gasteiger partial charge in [0, 0.05) is 52.4 Å². The van der Waals surface area contributed by atoms with Crippen LogP contribution in [0.25, 0.3) is 0 Å². The summed E-state index contributed by atoms with van der Waals surface area (Å²) in [5, 5.41) is 7.61. The summed E-state index contributed by atoms with van der Waals surface area (Å²) in [6.07, 6.45) is 7.12. The van der Waals surface area contributed by atoms with Crippen molar-refractivity contribution in [1.29, 1.82) is 0 Å². The van der Waals surface area contributed by atoms with E-state index >= 15 is 0 Å². The number of piperazine rings is 1. The summed E-state index contributed by atoms with van der Waals surface area (Å²) in [5.74, 6) is 2.79. The zero-order valence-electron chi connectivity index (χ0n) is 15.5. The van der Waals surface area contributed by atoms with E-state index in [9.17, 15) is 0 Å². The standard InChI is InChI=1S/C18H31N5O.HI/c1-15-3-5-16(6-4-15)13-20-18(19-2)23-10-8-22(9-11-23)14-17-7-12-24-21-17;/h7,12,15-16H,3-6,8-11,13-14H2,1-2H3,(H,19,20);1H. The average molecular weight is 461 g/mol. The van der Waals surface area contributed by atoms with E-state index in [4.69, 9.17) is 4.52 Å². The van der Waals surface area contributed by atoms with Gasteiger partial charge in [-0.2, -0.15) is 0 Å². The molecule has 2 heterocycles. The van der Waals surface area contributed by atoms with Crippen LogP contribution in [0.4, 0.5) is 0 Å². The van der Waals surface area contributed by atoms with E-state index in [1.165, 1.54) is 25.7 Å². The zero-order chi connectivity index (χ0) is 16.8. The van der Waals surface area contributed by atoms with Crippen LogP contribution in [0.1, 0.15) is 38.3 Å². The van der Waals surface area contributed by atoms with E-state index in [2.05, 4.69) is 32.2 Å². The second-order valence-electron chi connectivity index (χ2n) is 7.31. The minimum atomic E-state index is 0. The number of nitrogens with zero attached hydrogens (tertiary/aromatic N) is 4. The lowest BCUT2D eigenvalue weighted by Gasteiger charge is -2.36. The van der Waals surface area contributed by atoms with Gasteiger partial charge in [0.25, 0.3) is 0 Å². The largest absolute Gasteiger partial charge is 0.364 e. The highest BCUT2D eigenvalue weighted by Gasteiger charge is 2.22. The molecule has 3 rings (SSSR count). The summed E-state index contributed by atoms with van der Waals surface area (Å²) in [6, 6.07) is 1.94. The SMILES string of the molecule is CN=C(NCC1CCC(C)CC1)N1CCN(Cc2ccon2)CC1.I. The number of guanidine groups is 1. The van der Waals surface area contributed by atoms with Gasteiger partial charge in [-0.3, -0.25) is 9.89 Å². The van der Waals surface area contributed by atoms with E-state index < -0.39 is 0 Å². The van der Waals surface area contributed by atoms with Crippen molar-refractivity contribution in [3.63, 3.8) is 0 Å². The monoisotopic (exact) mass is 461 g/mol. The number of aromatic nitrogens is 1. The second-order valence-corrected chi connectivity index (χ2v) is 7.31. The normalized spacial score (nSPS) is 25.5. The van der Waals surface area contributed by atoms with Crippen LogP contribution < -0.4 is 5.32 Å². The Bertz CT molecular complexity index is 506. The van der Waals surface area contributed by atoms with E-state index in [-0.39, 0.29) is 24.0 Å². The van der Waals surface area contributed by atoms with Gasteiger partial charge in [-0.05, 0) is 24.7 Å². The van der Waals surface area contributed by atoms with Crippen molar-refractivity contribution in [2.75, 3.05) is 39.8 Å². The Balaban J connectivity index is 0.00000225. The second kappa shape index (κ2) is 10.4. The molecule has 1 N–H and O–H groups in total. The van der Waals surface area contributed by atoms with E-state index in [0.717, 1.165) is 62.8 Å². The molecular weight excluding hydrogens is 429 g/mol. The van der Waals surface area contributed by atoms with Crippen molar-refractivity contribution in [3.05, 3.63) is 18.0 Å². The molecular formula is C18H32IN5O. The van der Waals surface area contributed by atoms with Gasteiger partial charge in [-0.15, -0.1) is 24.0 Å². The van der Waals surface area contributed by atoms with Crippen LogP contribution in [0, 0.1) is 11.8 Å². The van der Waals surface area contributed by atoms with Gasteiger partial charge in [0.1, 0.15) is 6.26 Å². The van der Waals surface area contributed by atoms with Crippen molar-refractivity contribution in [3.8, 4) is 0 Å². The van der Waals surface area contributed by atoms with Gasteiger partial charge in [-0.25, -0.2) is 0 Å². The van der Waals surface area contributed by atoms with Crippen molar-refractivity contribution in [2.24, 2.45) is 16.8 Å². The first-order valence-corrected chi connectivity index (χ1v) is 9.32. The Morgan fingerprint density at radius 3 is 2.56 bits per heavy atom. The molecule has 0 atom stereocenters. The molecule has 1 aromatic rings. The van der Waals surface area contributed by atoms with Crippen molar-refractivity contribution < 1.29 is 4.52 Å². The van der Waals surface area contributed by atoms with E-state index in [1.54, 1.807) is 6.26 Å². The summed E-state index contributed by atoms with van der Waals surface area (Å²) in [6.45, 7) is 8.41. The quantitative estimate of drug-likeness (QED) is 0.425. The Morgan fingerprint density at radius 1 is 1.24 bits per heavy atom. The first-order chi connectivity index (χ1) is 11.7. The Kier molecular flexibility index (Phi) is 8.48. The summed E-state index contributed by atoms with van der Waals surface area (Å²) >= 11 is 0. The predicted octanol–water partition coefficient (Wildman–Crippen LogP) is 2.81. The number of rotatable bonds is 4. The highest BCUT2D eigenvalue weighted by atomic mass is 127. The van der Waals surface area contributed by atoms with Gasteiger partial charge >= 0.3 is 0 Å². The molecule has 0 bridgehead atoms. The van der Waals surface area contributed by atoms with Gasteiger partial charge < -0.3 is 14.7 Å². The molecule has 0 radical (unpaired) electrons. The molecule has 7 heteroatoms. The Labute approximate surface area is 168 Å². The average Bonchev–Trinajstić information content (AvgIpc) is 3.11. The van der Waals surface area contributed by atoms with Crippen LogP contribution in [0.5, 0.6) is 0 Å². The minimum absolute atomic E-state index is 0. The summed E-state index contributed by atoms with van der Waals surface area (Å²) in [5.41, 5.74) is 1.01. The third-order valence-corrected chi connectivity index (χ3v) is 5.44. The molecule has 0 unspecified atom stereocenters. The fourth-order valence-electron chi connectivity index (χ4n) is 3.77. The van der Waals surface area contributed by atoms with Crippen LogP contribution in [0.3, 0.4) is 0 Å². The summed E-state index contributed by atoms with van der Waals surface area (Å²) < 4.78 is 4.91. The first kappa shape index (κ1) is 20.5. The molecule has 0 spiro atoms. The van der Waals surface area contributed by atoms with Gasteiger partial charge in [0.2, 0.25) is 0 Å². The summed E-state index contributed by atoms with van der Waals surface area (Å²) in [4.78, 5) is 9.30. The Morgan fingerprint density at radius 2 is 1.96 bits per heavy atom. The number of nitrogens with one attached hydrogen (secondary N) is 1. The van der Waals surface area contributed by atoms with E-state index in [1.807, 2.05) is 13.1 Å². The number of halogens is 1. The maximum Gasteiger partial charge on any atom is 0.193 e. The molecule has 1 aliphatic heterocycles. The highest BCUT2D eigenvalue weighted by Crippen LogP contribution is 2.27. The van der Waals surface area contributed by atoms with Crippen LogP contribution >= 0.6 is 24.0 Å². The van der Waals surface area contributed by atoms with Crippen LogP contribution in [-0.4, -0.2) is 60.7 Å². The number of aliphatic imine (C=N–C) groups is 1. The summed E-state index contributed by atoms with van der Waals surface area (Å²) in [7, 11) is 1.90. The predicted molar refractivity (Wildman–Crippen MR) is 111 cm³/mol. The minimum Gasteiger partial charge on any atom is -0.364 e. The lowest BCUT2D eigenvalue weighted by molar-refractivity contribution is 0.168. The topological polar surface area (TPSA) is 56.9 Å². The third kappa shape index (κ3) is 6.13. The molecule has 0 aromatic carbocycles. The molecule has 2 fully saturated rings. The lowest BCUT2D eigenvalue weighted by Crippen LogP contribution is -2.52. The van der Waals surface area contributed by atoms with E-state index in [0.29, 0.717) is 0 Å². The maximum atomic E-state index is 4.91. The molecule has 0 amide bonds. The molecule has 1 aromatic heterocycles. The molecule has 1 saturated carbocycles. The van der Waals surface area contributed by atoms with Crippen molar-refractivity contribution in [2.45, 2.75) is 39.2 Å². The lowest BCUT2D eigenvalue weighted by atomic mass is 9.83. The van der Waals surface area contributed by atoms with Gasteiger partial charge in [0.15, 0.2) is 5.96 Å². The highest BCUT2D eigenvalue weighted by molar-refractivity contribution is 14.0. The smallest absolute Gasteiger partial charge is 0.193 e. The third-order valence-electron chi connectivity index (χ3n) is 5.44. The fraction of sp³-hybridized carbons (Fsp3) is 0.778. The maximum absolute atomic E-state index is 4.91. The van der Waals surface area contributed by atoms with Gasteiger partial charge in [0.05, 0.1) is 5.69 Å². The fourth-order valence-corrected chi connectivity index (χ4v) is 3.77. The van der Waals surface area contributed by atoms with Crippen LogP contribution in [0.2, 0.25) is 0 Å². The molecule has 1 saturated heterocycles. The van der Waals surface area contributed by atoms with Crippen LogP contribution in [-0.2, 0) is 6.54 Å².